The quantitative estimate of drug-likeness (QED) is 0.850. The second-order valence-electron chi connectivity index (χ2n) is 3.96. The molecular formula is C9H14BrN3O2S. The van der Waals surface area contributed by atoms with Gasteiger partial charge >= 0.3 is 0 Å². The van der Waals surface area contributed by atoms with Gasteiger partial charge in [-0.25, -0.2) is 13.1 Å². The number of rotatable bonds is 3. The van der Waals surface area contributed by atoms with E-state index in [-0.39, 0.29) is 10.7 Å². The van der Waals surface area contributed by atoms with Crippen molar-refractivity contribution >= 4 is 26.0 Å². The number of fused-ring (bicyclic) bond motifs is 1. The zero-order valence-electron chi connectivity index (χ0n) is 8.98. The van der Waals surface area contributed by atoms with E-state index in [1.807, 2.05) is 11.7 Å². The molecule has 1 unspecified atom stereocenters. The fraction of sp³-hybridized carbons (Fsp3) is 0.667. The van der Waals surface area contributed by atoms with Crippen LogP contribution in [-0.2, 0) is 23.5 Å². The Morgan fingerprint density at radius 1 is 1.69 bits per heavy atom. The van der Waals surface area contributed by atoms with Crippen LogP contribution in [-0.4, -0.2) is 22.9 Å². The molecule has 0 aliphatic heterocycles. The van der Waals surface area contributed by atoms with E-state index in [0.717, 1.165) is 30.5 Å². The molecule has 0 saturated carbocycles. The van der Waals surface area contributed by atoms with E-state index in [2.05, 4.69) is 25.8 Å². The van der Waals surface area contributed by atoms with Gasteiger partial charge in [-0.2, -0.15) is 5.10 Å². The third-order valence-corrected chi connectivity index (χ3v) is 5.58. The molecule has 1 aliphatic carbocycles. The van der Waals surface area contributed by atoms with Crippen molar-refractivity contribution < 1.29 is 8.42 Å². The molecule has 1 heterocycles. The zero-order chi connectivity index (χ0) is 11.8. The van der Waals surface area contributed by atoms with Gasteiger partial charge in [0.05, 0.1) is 12.2 Å². The standard InChI is InChI=1S/C9H14BrN3O2S/c1-13-9-4-2-3-8(7(9)5-11-13)12-16(14,15)6-10/h5,8,12H,2-4,6H2,1H3. The Morgan fingerprint density at radius 3 is 3.12 bits per heavy atom. The maximum absolute atomic E-state index is 11.5. The summed E-state index contributed by atoms with van der Waals surface area (Å²) in [5.41, 5.74) is 2.15. The molecule has 0 radical (unpaired) electrons. The summed E-state index contributed by atoms with van der Waals surface area (Å²) in [5, 5.41) is 4.17. The highest BCUT2D eigenvalue weighted by Crippen LogP contribution is 2.29. The summed E-state index contributed by atoms with van der Waals surface area (Å²) in [6.07, 6.45) is 4.56. The molecule has 90 valence electrons. The van der Waals surface area contributed by atoms with E-state index in [4.69, 9.17) is 0 Å². The van der Waals surface area contributed by atoms with Crippen molar-refractivity contribution in [2.24, 2.45) is 7.05 Å². The number of sulfonamides is 1. The molecule has 1 N–H and O–H groups in total. The van der Waals surface area contributed by atoms with Crippen LogP contribution in [0.1, 0.15) is 30.1 Å². The first-order valence-corrected chi connectivity index (χ1v) is 7.87. The Balaban J connectivity index is 2.26. The molecule has 5 nitrogen and oxygen atoms in total. The molecule has 0 fully saturated rings. The van der Waals surface area contributed by atoms with Gasteiger partial charge in [0.15, 0.2) is 0 Å². The molecule has 2 rings (SSSR count). The fourth-order valence-corrected chi connectivity index (χ4v) is 3.21. The van der Waals surface area contributed by atoms with Crippen LogP contribution in [0.3, 0.4) is 0 Å². The molecule has 7 heteroatoms. The summed E-state index contributed by atoms with van der Waals surface area (Å²) >= 11 is 2.97. The van der Waals surface area contributed by atoms with Crippen molar-refractivity contribution in [2.45, 2.75) is 25.3 Å². The Kier molecular flexibility index (Phi) is 3.37. The van der Waals surface area contributed by atoms with Crippen molar-refractivity contribution in [1.29, 1.82) is 0 Å². The first-order chi connectivity index (χ1) is 7.53. The topological polar surface area (TPSA) is 64.0 Å². The Labute approximate surface area is 103 Å². The highest BCUT2D eigenvalue weighted by Gasteiger charge is 2.26. The van der Waals surface area contributed by atoms with Crippen molar-refractivity contribution in [2.75, 3.05) is 4.66 Å². The minimum Gasteiger partial charge on any atom is -0.272 e. The summed E-state index contributed by atoms with van der Waals surface area (Å²) in [4.78, 5) is 0. The highest BCUT2D eigenvalue weighted by molar-refractivity contribution is 9.10. The Bertz CT molecular complexity index is 483. The fourth-order valence-electron chi connectivity index (χ4n) is 2.08. The molecule has 1 atom stereocenters. The number of nitrogens with zero attached hydrogens (tertiary/aromatic N) is 2. The predicted octanol–water partition coefficient (Wildman–Crippen LogP) is 1.07. The molecule has 1 aromatic heterocycles. The molecule has 0 bridgehead atoms. The van der Waals surface area contributed by atoms with Crippen LogP contribution >= 0.6 is 15.9 Å². The summed E-state index contributed by atoms with van der Waals surface area (Å²) in [7, 11) is -1.33. The third kappa shape index (κ3) is 2.31. The van der Waals surface area contributed by atoms with E-state index < -0.39 is 10.0 Å². The van der Waals surface area contributed by atoms with Gasteiger partial charge in [0.1, 0.15) is 4.66 Å². The van der Waals surface area contributed by atoms with Crippen LogP contribution in [0, 0.1) is 0 Å². The normalized spacial score (nSPS) is 20.8. The van der Waals surface area contributed by atoms with Gasteiger partial charge in [0.25, 0.3) is 0 Å². The van der Waals surface area contributed by atoms with E-state index >= 15 is 0 Å². The second-order valence-corrected chi connectivity index (χ2v) is 7.01. The summed E-state index contributed by atoms with van der Waals surface area (Å²) in [5.74, 6) is 0. The average molecular weight is 308 g/mol. The van der Waals surface area contributed by atoms with Gasteiger partial charge in [-0.1, -0.05) is 15.9 Å². The van der Waals surface area contributed by atoms with Gasteiger partial charge in [-0.05, 0) is 19.3 Å². The molecule has 0 saturated heterocycles. The molecule has 0 aromatic carbocycles. The van der Waals surface area contributed by atoms with Crippen molar-refractivity contribution in [1.82, 2.24) is 14.5 Å². The van der Waals surface area contributed by atoms with Gasteiger partial charge in [0, 0.05) is 18.3 Å². The maximum Gasteiger partial charge on any atom is 0.222 e. The lowest BCUT2D eigenvalue weighted by molar-refractivity contribution is 0.500. The highest BCUT2D eigenvalue weighted by atomic mass is 79.9. The minimum atomic E-state index is -3.22. The van der Waals surface area contributed by atoms with E-state index in [9.17, 15) is 8.42 Å². The van der Waals surface area contributed by atoms with E-state index in [1.165, 1.54) is 0 Å². The van der Waals surface area contributed by atoms with Crippen molar-refractivity contribution in [3.05, 3.63) is 17.5 Å². The number of hydrogen-bond acceptors (Lipinski definition) is 3. The molecule has 0 spiro atoms. The Morgan fingerprint density at radius 2 is 2.44 bits per heavy atom. The first-order valence-electron chi connectivity index (χ1n) is 5.10. The summed E-state index contributed by atoms with van der Waals surface area (Å²) in [6, 6.07) is -0.125. The SMILES string of the molecule is Cn1ncc2c1CCCC2NS(=O)(=O)CBr. The van der Waals surface area contributed by atoms with Crippen LogP contribution in [0.4, 0.5) is 0 Å². The molecule has 16 heavy (non-hydrogen) atoms. The van der Waals surface area contributed by atoms with Crippen LogP contribution in [0.25, 0.3) is 0 Å². The molecule has 1 aliphatic rings. The number of aryl methyl sites for hydroxylation is 1. The molecular weight excluding hydrogens is 294 g/mol. The van der Waals surface area contributed by atoms with E-state index in [1.54, 1.807) is 6.20 Å². The zero-order valence-corrected chi connectivity index (χ0v) is 11.4. The van der Waals surface area contributed by atoms with Crippen LogP contribution in [0.2, 0.25) is 0 Å². The smallest absolute Gasteiger partial charge is 0.222 e. The van der Waals surface area contributed by atoms with Crippen LogP contribution in [0.5, 0.6) is 0 Å². The summed E-state index contributed by atoms with van der Waals surface area (Å²) in [6.45, 7) is 0. The minimum absolute atomic E-state index is 0.0634. The van der Waals surface area contributed by atoms with Gasteiger partial charge < -0.3 is 0 Å². The molecule has 0 amide bonds. The third-order valence-electron chi connectivity index (χ3n) is 2.84. The number of nitrogens with one attached hydrogen (secondary N) is 1. The maximum atomic E-state index is 11.5. The molecule has 1 aromatic rings. The lowest BCUT2D eigenvalue weighted by Crippen LogP contribution is -2.31. The van der Waals surface area contributed by atoms with Crippen molar-refractivity contribution in [3.8, 4) is 0 Å². The predicted molar refractivity (Wildman–Crippen MR) is 64.7 cm³/mol. The van der Waals surface area contributed by atoms with Crippen molar-refractivity contribution in [3.63, 3.8) is 0 Å². The Hall–Kier alpha value is -0.400. The largest absolute Gasteiger partial charge is 0.272 e. The van der Waals surface area contributed by atoms with Gasteiger partial charge in [-0.3, -0.25) is 4.68 Å². The van der Waals surface area contributed by atoms with Gasteiger partial charge in [0.2, 0.25) is 10.0 Å². The number of aromatic nitrogens is 2. The monoisotopic (exact) mass is 307 g/mol. The number of alkyl halides is 1. The van der Waals surface area contributed by atoms with Crippen LogP contribution in [0.15, 0.2) is 6.20 Å². The number of halogens is 1. The average Bonchev–Trinajstić information content (AvgIpc) is 2.62. The van der Waals surface area contributed by atoms with Crippen LogP contribution < -0.4 is 4.72 Å². The lowest BCUT2D eigenvalue weighted by atomic mass is 9.94. The lowest BCUT2D eigenvalue weighted by Gasteiger charge is -2.23. The summed E-state index contributed by atoms with van der Waals surface area (Å²) < 4.78 is 27.4. The second kappa shape index (κ2) is 4.46. The number of hydrogen-bond donors (Lipinski definition) is 1. The first kappa shape index (κ1) is 12.1. The van der Waals surface area contributed by atoms with Gasteiger partial charge in [-0.15, -0.1) is 0 Å². The van der Waals surface area contributed by atoms with E-state index in [0.29, 0.717) is 0 Å².